The number of carboxylic acids is 1. The number of halogens is 3. The number of aliphatic carboxylic acids is 1. The smallest absolute Gasteiger partial charge is 0.391 e. The molecule has 0 heterocycles. The van der Waals surface area contributed by atoms with Gasteiger partial charge in [0, 0.05) is 5.97 Å². The Hall–Kier alpha value is -0.740. The molecule has 0 bridgehead atoms. The molecule has 0 aromatic carbocycles. The maximum Gasteiger partial charge on any atom is 0.391 e. The Labute approximate surface area is 55.7 Å². The zero-order chi connectivity index (χ0) is 8.36. The van der Waals surface area contributed by atoms with Crippen molar-refractivity contribution >= 4 is 5.97 Å². The third-order valence-electron chi connectivity index (χ3n) is 1.03. The highest BCUT2D eigenvalue weighted by Gasteiger charge is 2.35. The number of alkyl halides is 3. The van der Waals surface area contributed by atoms with Gasteiger partial charge < -0.3 is 9.90 Å². The molecule has 0 amide bonds. The van der Waals surface area contributed by atoms with Gasteiger partial charge in [0.2, 0.25) is 0 Å². The summed E-state index contributed by atoms with van der Waals surface area (Å²) in [7, 11) is 0. The summed E-state index contributed by atoms with van der Waals surface area (Å²) in [6, 6.07) is 0. The molecule has 10 heavy (non-hydrogen) atoms. The SMILES string of the molecule is C[C@H](CC(=O)[O-])C(F)(F)F. The average molecular weight is 155 g/mol. The minimum Gasteiger partial charge on any atom is -0.550 e. The molecule has 0 saturated carbocycles. The maximum atomic E-state index is 11.5. The van der Waals surface area contributed by atoms with E-state index < -0.39 is 24.5 Å². The minimum atomic E-state index is -4.43. The van der Waals surface area contributed by atoms with Gasteiger partial charge in [0.05, 0.1) is 5.92 Å². The van der Waals surface area contributed by atoms with Crippen molar-refractivity contribution in [2.45, 2.75) is 19.5 Å². The fraction of sp³-hybridized carbons (Fsp3) is 0.800. The van der Waals surface area contributed by atoms with Gasteiger partial charge in [-0.3, -0.25) is 0 Å². The molecule has 0 spiro atoms. The molecule has 0 unspecified atom stereocenters. The molecular formula is C5H6F3O2-. The van der Waals surface area contributed by atoms with Crippen LogP contribution in [-0.4, -0.2) is 12.1 Å². The second-order valence-electron chi connectivity index (χ2n) is 2.02. The average Bonchev–Trinajstić information content (AvgIpc) is 1.60. The van der Waals surface area contributed by atoms with E-state index in [-0.39, 0.29) is 0 Å². The van der Waals surface area contributed by atoms with Crippen molar-refractivity contribution in [3.05, 3.63) is 0 Å². The zero-order valence-electron chi connectivity index (χ0n) is 5.23. The Morgan fingerprint density at radius 3 is 2.10 bits per heavy atom. The number of carbonyl (C=O) groups excluding carboxylic acids is 1. The molecule has 0 aromatic heterocycles. The topological polar surface area (TPSA) is 40.1 Å². The summed E-state index contributed by atoms with van der Waals surface area (Å²) in [5.41, 5.74) is 0. The van der Waals surface area contributed by atoms with Gasteiger partial charge in [-0.25, -0.2) is 0 Å². The zero-order valence-corrected chi connectivity index (χ0v) is 5.23. The number of carboxylic acid groups (broad SMARTS) is 1. The molecule has 2 nitrogen and oxygen atoms in total. The Kier molecular flexibility index (Phi) is 2.68. The summed E-state index contributed by atoms with van der Waals surface area (Å²) < 4.78 is 34.6. The van der Waals surface area contributed by atoms with E-state index in [0.29, 0.717) is 0 Å². The van der Waals surface area contributed by atoms with E-state index >= 15 is 0 Å². The van der Waals surface area contributed by atoms with Gasteiger partial charge in [0.25, 0.3) is 0 Å². The third-order valence-corrected chi connectivity index (χ3v) is 1.03. The normalized spacial score (nSPS) is 14.8. The van der Waals surface area contributed by atoms with Gasteiger partial charge in [-0.15, -0.1) is 0 Å². The monoisotopic (exact) mass is 155 g/mol. The van der Waals surface area contributed by atoms with Gasteiger partial charge in [-0.2, -0.15) is 13.2 Å². The summed E-state index contributed by atoms with van der Waals surface area (Å²) in [5.74, 6) is -3.50. The lowest BCUT2D eigenvalue weighted by molar-refractivity contribution is -0.310. The van der Waals surface area contributed by atoms with E-state index in [4.69, 9.17) is 0 Å². The molecule has 0 saturated heterocycles. The second kappa shape index (κ2) is 2.90. The lowest BCUT2D eigenvalue weighted by Crippen LogP contribution is -2.30. The number of hydrogen-bond donors (Lipinski definition) is 0. The number of rotatable bonds is 2. The van der Waals surface area contributed by atoms with Gasteiger partial charge in [0.15, 0.2) is 0 Å². The molecule has 0 fully saturated rings. The highest BCUT2D eigenvalue weighted by molar-refractivity contribution is 5.64. The number of carbonyl (C=O) groups is 1. The van der Waals surface area contributed by atoms with Gasteiger partial charge in [0.1, 0.15) is 0 Å². The van der Waals surface area contributed by atoms with Crippen LogP contribution in [0.25, 0.3) is 0 Å². The van der Waals surface area contributed by atoms with Crippen LogP contribution in [0.1, 0.15) is 13.3 Å². The van der Waals surface area contributed by atoms with Crippen molar-refractivity contribution in [1.82, 2.24) is 0 Å². The van der Waals surface area contributed by atoms with Crippen LogP contribution in [0.3, 0.4) is 0 Å². The Balaban J connectivity index is 3.85. The molecule has 5 heteroatoms. The van der Waals surface area contributed by atoms with Crippen molar-refractivity contribution in [2.75, 3.05) is 0 Å². The van der Waals surface area contributed by atoms with Crippen molar-refractivity contribution in [1.29, 1.82) is 0 Å². The lowest BCUT2D eigenvalue weighted by Gasteiger charge is -2.15. The van der Waals surface area contributed by atoms with Crippen molar-refractivity contribution < 1.29 is 23.1 Å². The molecule has 0 rings (SSSR count). The lowest BCUT2D eigenvalue weighted by atomic mass is 10.1. The van der Waals surface area contributed by atoms with Crippen molar-refractivity contribution in [3.63, 3.8) is 0 Å². The van der Waals surface area contributed by atoms with Crippen molar-refractivity contribution in [3.8, 4) is 0 Å². The number of hydrogen-bond acceptors (Lipinski definition) is 2. The summed E-state index contributed by atoms with van der Waals surface area (Å²) in [6.07, 6.45) is -5.40. The minimum absolute atomic E-state index is 0.801. The van der Waals surface area contributed by atoms with Crippen LogP contribution in [0.15, 0.2) is 0 Å². The van der Waals surface area contributed by atoms with Crippen LogP contribution in [0.5, 0.6) is 0 Å². The van der Waals surface area contributed by atoms with Crippen LogP contribution in [0.4, 0.5) is 13.2 Å². The van der Waals surface area contributed by atoms with Gasteiger partial charge in [-0.05, 0) is 6.42 Å². The fourth-order valence-electron chi connectivity index (χ4n) is 0.366. The van der Waals surface area contributed by atoms with E-state index in [1.54, 1.807) is 0 Å². The Bertz CT molecular complexity index is 129. The standard InChI is InChI=1S/C5H7F3O2/c1-3(2-4(9)10)5(6,7)8/h3H,2H2,1H3,(H,9,10)/p-1/t3-/m1/s1. The molecule has 0 aliphatic carbocycles. The largest absolute Gasteiger partial charge is 0.550 e. The Morgan fingerprint density at radius 2 is 2.00 bits per heavy atom. The van der Waals surface area contributed by atoms with E-state index in [2.05, 4.69) is 0 Å². The third kappa shape index (κ3) is 3.32. The van der Waals surface area contributed by atoms with Crippen molar-refractivity contribution in [2.24, 2.45) is 5.92 Å². The van der Waals surface area contributed by atoms with E-state index in [9.17, 15) is 23.1 Å². The summed E-state index contributed by atoms with van der Waals surface area (Å²) >= 11 is 0. The molecular weight excluding hydrogens is 149 g/mol. The van der Waals surface area contributed by atoms with Crippen LogP contribution in [0, 0.1) is 5.92 Å². The maximum absolute atomic E-state index is 11.5. The predicted molar refractivity (Wildman–Crippen MR) is 24.8 cm³/mol. The molecule has 0 N–H and O–H groups in total. The predicted octanol–water partition coefficient (Wildman–Crippen LogP) is 0.325. The summed E-state index contributed by atoms with van der Waals surface area (Å²) in [6.45, 7) is 0.801. The second-order valence-corrected chi connectivity index (χ2v) is 2.02. The van der Waals surface area contributed by atoms with E-state index in [0.717, 1.165) is 6.92 Å². The van der Waals surface area contributed by atoms with Crippen LogP contribution in [-0.2, 0) is 4.79 Å². The van der Waals surface area contributed by atoms with Gasteiger partial charge in [-0.1, -0.05) is 6.92 Å². The first-order valence-electron chi connectivity index (χ1n) is 2.60. The molecule has 0 aromatic rings. The van der Waals surface area contributed by atoms with Crippen LogP contribution >= 0.6 is 0 Å². The quantitative estimate of drug-likeness (QED) is 0.576. The molecule has 0 aliphatic rings. The molecule has 1 atom stereocenters. The highest BCUT2D eigenvalue weighted by Crippen LogP contribution is 2.27. The van der Waals surface area contributed by atoms with E-state index in [1.807, 2.05) is 0 Å². The van der Waals surface area contributed by atoms with Gasteiger partial charge >= 0.3 is 6.18 Å². The molecule has 0 aliphatic heterocycles. The summed E-state index contributed by atoms with van der Waals surface area (Å²) in [5, 5.41) is 9.65. The highest BCUT2D eigenvalue weighted by atomic mass is 19.4. The van der Waals surface area contributed by atoms with E-state index in [1.165, 1.54) is 0 Å². The Morgan fingerprint density at radius 1 is 1.60 bits per heavy atom. The first-order chi connectivity index (χ1) is 4.34. The summed E-state index contributed by atoms with van der Waals surface area (Å²) in [4.78, 5) is 9.65. The molecule has 0 radical (unpaired) electrons. The fourth-order valence-corrected chi connectivity index (χ4v) is 0.366. The first-order valence-corrected chi connectivity index (χ1v) is 2.60. The molecule has 60 valence electrons. The van der Waals surface area contributed by atoms with Crippen LogP contribution < -0.4 is 5.11 Å². The van der Waals surface area contributed by atoms with Crippen LogP contribution in [0.2, 0.25) is 0 Å². The first kappa shape index (κ1) is 9.26.